The first-order valence-corrected chi connectivity index (χ1v) is 3.54. The lowest BCUT2D eigenvalue weighted by atomic mass is 10.7. The van der Waals surface area contributed by atoms with Crippen LogP contribution in [-0.2, 0) is 0 Å². The Bertz CT molecular complexity index is 182. The Balaban J connectivity index is 3.87. The van der Waals surface area contributed by atoms with Crippen LogP contribution in [0.15, 0.2) is 4.99 Å². The molecule has 0 saturated heterocycles. The number of nitrogens with one attached hydrogen (secondary N) is 3. The fourth-order valence-corrected chi connectivity index (χ4v) is 0.504. The summed E-state index contributed by atoms with van der Waals surface area (Å²) in [4.78, 5) is 3.87. The summed E-state index contributed by atoms with van der Waals surface area (Å²) in [5.74, 6) is 0.882. The third kappa shape index (κ3) is 5.24. The fourth-order valence-electron chi connectivity index (χ4n) is 0.404. The number of hydrogen-bond donors (Lipinski definition) is 4. The zero-order chi connectivity index (χ0) is 8.53. The minimum Gasteiger partial charge on any atom is -0.317 e. The first kappa shape index (κ1) is 9.78. The van der Waals surface area contributed by atoms with E-state index in [0.717, 1.165) is 6.34 Å². The maximum Gasteiger partial charge on any atom is 0.209 e. The van der Waals surface area contributed by atoms with E-state index in [2.05, 4.69) is 28.3 Å². The van der Waals surface area contributed by atoms with Crippen molar-refractivity contribution < 1.29 is 0 Å². The van der Waals surface area contributed by atoms with Crippen LogP contribution in [0.3, 0.4) is 0 Å². The van der Waals surface area contributed by atoms with Gasteiger partial charge in [0, 0.05) is 5.75 Å². The van der Waals surface area contributed by atoms with Gasteiger partial charge in [-0.1, -0.05) is 0 Å². The summed E-state index contributed by atoms with van der Waals surface area (Å²) in [7, 11) is 0. The predicted octanol–water partition coefficient (Wildman–Crippen LogP) is -0.460. The van der Waals surface area contributed by atoms with E-state index < -0.39 is 0 Å². The highest BCUT2D eigenvalue weighted by Gasteiger charge is 1.90. The Morgan fingerprint density at radius 2 is 2.55 bits per heavy atom. The molecule has 0 saturated carbocycles. The standard InChI is InChI=1S/C5H9N5S/c6-3-9-5(10-4-7)8-1-2-11/h3,11H,1-2H2,(H3,6,8,9,10). The van der Waals surface area contributed by atoms with Crippen molar-refractivity contribution in [1.29, 1.82) is 10.7 Å². The molecular weight excluding hydrogens is 162 g/mol. The van der Waals surface area contributed by atoms with Gasteiger partial charge < -0.3 is 5.32 Å². The summed E-state index contributed by atoms with van der Waals surface area (Å²) in [6, 6.07) is 0. The van der Waals surface area contributed by atoms with Crippen LogP contribution >= 0.6 is 12.6 Å². The molecule has 5 nitrogen and oxygen atoms in total. The maximum atomic E-state index is 8.19. The molecule has 6 heteroatoms. The van der Waals surface area contributed by atoms with Crippen LogP contribution < -0.4 is 10.6 Å². The van der Waals surface area contributed by atoms with Crippen LogP contribution in [0.2, 0.25) is 0 Å². The van der Waals surface area contributed by atoms with Crippen LogP contribution in [0, 0.1) is 16.9 Å². The van der Waals surface area contributed by atoms with Crippen molar-refractivity contribution in [3.8, 4) is 6.19 Å². The van der Waals surface area contributed by atoms with Gasteiger partial charge in [-0.2, -0.15) is 17.9 Å². The van der Waals surface area contributed by atoms with Crippen LogP contribution in [0.5, 0.6) is 0 Å². The van der Waals surface area contributed by atoms with E-state index in [4.69, 9.17) is 10.7 Å². The molecule has 0 aromatic rings. The summed E-state index contributed by atoms with van der Waals surface area (Å²) >= 11 is 3.93. The molecule has 0 amide bonds. The lowest BCUT2D eigenvalue weighted by molar-refractivity contribution is 1.06. The molecule has 0 bridgehead atoms. The number of nitrogens with zero attached hydrogens (tertiary/aromatic N) is 2. The van der Waals surface area contributed by atoms with Gasteiger partial charge in [0.25, 0.3) is 0 Å². The Hall–Kier alpha value is -1.22. The number of aliphatic imine (C=N–C) groups is 1. The van der Waals surface area contributed by atoms with E-state index in [1.165, 1.54) is 0 Å². The van der Waals surface area contributed by atoms with Crippen molar-refractivity contribution in [1.82, 2.24) is 10.6 Å². The highest BCUT2D eigenvalue weighted by Crippen LogP contribution is 1.75. The summed E-state index contributed by atoms with van der Waals surface area (Å²) in [6.45, 7) is 0.508. The molecule has 11 heavy (non-hydrogen) atoms. The molecule has 0 heterocycles. The summed E-state index contributed by atoms with van der Waals surface area (Å²) in [5.41, 5.74) is 0. The van der Waals surface area contributed by atoms with Gasteiger partial charge in [0.1, 0.15) is 0 Å². The highest BCUT2D eigenvalue weighted by molar-refractivity contribution is 7.80. The highest BCUT2D eigenvalue weighted by atomic mass is 32.1. The molecule has 0 unspecified atom stereocenters. The number of nitriles is 1. The molecule has 0 aromatic carbocycles. The smallest absolute Gasteiger partial charge is 0.209 e. The molecule has 0 aliphatic carbocycles. The first-order valence-electron chi connectivity index (χ1n) is 2.91. The fraction of sp³-hybridized carbons (Fsp3) is 0.400. The summed E-state index contributed by atoms with van der Waals surface area (Å²) in [6.07, 6.45) is 2.64. The largest absolute Gasteiger partial charge is 0.317 e. The third-order valence-electron chi connectivity index (χ3n) is 0.753. The second kappa shape index (κ2) is 6.89. The number of rotatable bonds is 3. The lowest BCUT2D eigenvalue weighted by Gasteiger charge is -1.99. The zero-order valence-corrected chi connectivity index (χ0v) is 6.73. The number of thiol groups is 1. The summed E-state index contributed by atoms with van der Waals surface area (Å²) in [5, 5.41) is 19.6. The third-order valence-corrected chi connectivity index (χ3v) is 0.953. The zero-order valence-electron chi connectivity index (χ0n) is 5.83. The van der Waals surface area contributed by atoms with Gasteiger partial charge in [-0.25, -0.2) is 0 Å². The quantitative estimate of drug-likeness (QED) is 0.152. The first-order chi connectivity index (χ1) is 5.35. The Labute approximate surface area is 70.4 Å². The molecule has 0 aliphatic rings. The monoisotopic (exact) mass is 171 g/mol. The Morgan fingerprint density at radius 3 is 3.00 bits per heavy atom. The van der Waals surface area contributed by atoms with E-state index in [1.54, 1.807) is 6.19 Å². The van der Waals surface area contributed by atoms with Gasteiger partial charge in [0.05, 0.1) is 12.9 Å². The Kier molecular flexibility index (Phi) is 6.13. The predicted molar refractivity (Wildman–Crippen MR) is 46.8 cm³/mol. The van der Waals surface area contributed by atoms with Gasteiger partial charge in [0.15, 0.2) is 6.19 Å². The van der Waals surface area contributed by atoms with Crippen LogP contribution in [-0.4, -0.2) is 24.6 Å². The average molecular weight is 171 g/mol. The average Bonchev–Trinajstić information content (AvgIpc) is 2.01. The normalized spacial score (nSPS) is 10.0. The van der Waals surface area contributed by atoms with Gasteiger partial charge in [-0.15, -0.1) is 0 Å². The number of hydrogen-bond acceptors (Lipinski definition) is 4. The molecule has 60 valence electrons. The number of guanidine groups is 1. The van der Waals surface area contributed by atoms with Crippen molar-refractivity contribution >= 4 is 24.9 Å². The molecule has 3 N–H and O–H groups in total. The molecule has 0 rings (SSSR count). The molecule has 0 fully saturated rings. The van der Waals surface area contributed by atoms with Gasteiger partial charge in [0.2, 0.25) is 5.96 Å². The van der Waals surface area contributed by atoms with Crippen LogP contribution in [0.25, 0.3) is 0 Å². The second-order valence-corrected chi connectivity index (χ2v) is 1.93. The van der Waals surface area contributed by atoms with Crippen molar-refractivity contribution in [2.24, 2.45) is 4.99 Å². The molecule has 0 spiro atoms. The topological polar surface area (TPSA) is 84.1 Å². The minimum atomic E-state index is 0.275. The molecule has 0 radical (unpaired) electrons. The Morgan fingerprint density at radius 1 is 1.82 bits per heavy atom. The van der Waals surface area contributed by atoms with E-state index in [9.17, 15) is 0 Å². The van der Waals surface area contributed by atoms with Crippen molar-refractivity contribution in [3.63, 3.8) is 0 Å². The van der Waals surface area contributed by atoms with Crippen LogP contribution in [0.1, 0.15) is 0 Å². The molecule has 0 aliphatic heterocycles. The molecular formula is C5H9N5S. The SMILES string of the molecule is N#CN/C(=N/CCS)NC=N. The van der Waals surface area contributed by atoms with Gasteiger partial charge in [-0.05, 0) is 0 Å². The van der Waals surface area contributed by atoms with Gasteiger partial charge in [-0.3, -0.25) is 15.7 Å². The van der Waals surface area contributed by atoms with E-state index in [-0.39, 0.29) is 5.96 Å². The molecule has 0 atom stereocenters. The van der Waals surface area contributed by atoms with Crippen molar-refractivity contribution in [2.45, 2.75) is 0 Å². The van der Waals surface area contributed by atoms with E-state index >= 15 is 0 Å². The van der Waals surface area contributed by atoms with E-state index in [1.807, 2.05) is 0 Å². The van der Waals surface area contributed by atoms with Crippen molar-refractivity contribution in [2.75, 3.05) is 12.3 Å². The summed E-state index contributed by atoms with van der Waals surface area (Å²) < 4.78 is 0. The van der Waals surface area contributed by atoms with Gasteiger partial charge >= 0.3 is 0 Å². The van der Waals surface area contributed by atoms with E-state index in [0.29, 0.717) is 12.3 Å². The van der Waals surface area contributed by atoms with Crippen molar-refractivity contribution in [3.05, 3.63) is 0 Å². The maximum absolute atomic E-state index is 8.19. The van der Waals surface area contributed by atoms with Crippen LogP contribution in [0.4, 0.5) is 0 Å². The lowest BCUT2D eigenvalue weighted by Crippen LogP contribution is -2.33. The minimum absolute atomic E-state index is 0.275. The molecule has 0 aromatic heterocycles. The second-order valence-electron chi connectivity index (χ2n) is 1.48.